The van der Waals surface area contributed by atoms with Crippen molar-refractivity contribution in [3.8, 4) is 0 Å². The molecule has 1 saturated heterocycles. The maximum absolute atomic E-state index is 11.5. The molecule has 112 valence electrons. The van der Waals surface area contributed by atoms with Gasteiger partial charge in [-0.25, -0.2) is 0 Å². The average Bonchev–Trinajstić information content (AvgIpc) is 2.81. The van der Waals surface area contributed by atoms with Gasteiger partial charge >= 0.3 is 0 Å². The number of carbonyl (C=O) groups excluding carboxylic acids is 3. The first-order chi connectivity index (χ1) is 9.99. The number of carbonyl (C=O) groups is 3. The van der Waals surface area contributed by atoms with E-state index in [1.165, 1.54) is 0 Å². The zero-order valence-electron chi connectivity index (χ0n) is 12.4. The minimum absolute atomic E-state index is 0.0827. The Bertz CT molecular complexity index is 565. The van der Waals surface area contributed by atoms with E-state index in [1.54, 1.807) is 0 Å². The molecular formula is C16H20N2O3. The average molecular weight is 288 g/mol. The van der Waals surface area contributed by atoms with Crippen LogP contribution in [0.3, 0.4) is 0 Å². The van der Waals surface area contributed by atoms with E-state index in [0.29, 0.717) is 31.7 Å². The molecule has 0 aliphatic carbocycles. The summed E-state index contributed by atoms with van der Waals surface area (Å²) in [6, 6.07) is 6.07. The van der Waals surface area contributed by atoms with Crippen LogP contribution in [0.5, 0.6) is 0 Å². The van der Waals surface area contributed by atoms with Crippen LogP contribution in [-0.4, -0.2) is 17.7 Å². The molecule has 3 rings (SSSR count). The van der Waals surface area contributed by atoms with Gasteiger partial charge in [-0.15, -0.1) is 0 Å². The maximum Gasteiger partial charge on any atom is 0.252 e. The lowest BCUT2D eigenvalue weighted by Crippen LogP contribution is -2.33. The minimum Gasteiger partial charge on any atom is -0.348 e. The van der Waals surface area contributed by atoms with Gasteiger partial charge in [0.05, 0.1) is 0 Å². The third-order valence-corrected chi connectivity index (χ3v) is 3.56. The largest absolute Gasteiger partial charge is 0.348 e. The van der Waals surface area contributed by atoms with Gasteiger partial charge in [0.2, 0.25) is 11.8 Å². The standard InChI is InChI=1S/C11H13NO.C5H7NO2/c1-7(2)9-5-3-4-8-6-12-11(13)10(8)9;7-4-2-1-3-5(8)6-4/h3-5,7H,6H2,1-2H3,(H,12,13);1-3H2,(H,6,7,8). The van der Waals surface area contributed by atoms with E-state index >= 15 is 0 Å². The molecule has 1 aromatic rings. The van der Waals surface area contributed by atoms with E-state index in [9.17, 15) is 14.4 Å². The van der Waals surface area contributed by atoms with E-state index in [4.69, 9.17) is 0 Å². The molecule has 21 heavy (non-hydrogen) atoms. The van der Waals surface area contributed by atoms with Gasteiger partial charge in [0.25, 0.3) is 5.91 Å². The van der Waals surface area contributed by atoms with Gasteiger partial charge in [0.1, 0.15) is 0 Å². The lowest BCUT2D eigenvalue weighted by molar-refractivity contribution is -0.132. The fourth-order valence-electron chi connectivity index (χ4n) is 2.48. The Balaban J connectivity index is 0.000000173. The lowest BCUT2D eigenvalue weighted by Gasteiger charge is -2.08. The molecule has 0 unspecified atom stereocenters. The molecule has 0 spiro atoms. The smallest absolute Gasteiger partial charge is 0.252 e. The second kappa shape index (κ2) is 6.52. The van der Waals surface area contributed by atoms with Crippen molar-refractivity contribution < 1.29 is 14.4 Å². The quantitative estimate of drug-likeness (QED) is 0.775. The highest BCUT2D eigenvalue weighted by atomic mass is 16.2. The van der Waals surface area contributed by atoms with Gasteiger partial charge in [-0.3, -0.25) is 19.7 Å². The number of benzene rings is 1. The van der Waals surface area contributed by atoms with Crippen molar-refractivity contribution in [2.24, 2.45) is 0 Å². The normalized spacial score (nSPS) is 16.8. The minimum atomic E-state index is -0.138. The van der Waals surface area contributed by atoms with E-state index in [1.807, 2.05) is 18.2 Å². The van der Waals surface area contributed by atoms with Crippen LogP contribution in [0.4, 0.5) is 0 Å². The third-order valence-electron chi connectivity index (χ3n) is 3.56. The Labute approximate surface area is 124 Å². The summed E-state index contributed by atoms with van der Waals surface area (Å²) in [6.45, 7) is 4.91. The van der Waals surface area contributed by atoms with Crippen molar-refractivity contribution in [2.45, 2.75) is 45.6 Å². The number of imide groups is 1. The molecule has 0 atom stereocenters. The molecule has 2 aliphatic heterocycles. The summed E-state index contributed by atoms with van der Waals surface area (Å²) in [5.41, 5.74) is 3.20. The zero-order chi connectivity index (χ0) is 15.4. The number of fused-ring (bicyclic) bond motifs is 1. The van der Waals surface area contributed by atoms with Crippen LogP contribution in [0.15, 0.2) is 18.2 Å². The zero-order valence-corrected chi connectivity index (χ0v) is 12.4. The second-order valence-electron chi connectivity index (χ2n) is 5.54. The van der Waals surface area contributed by atoms with Crippen LogP contribution in [0.25, 0.3) is 0 Å². The molecule has 1 aromatic carbocycles. The molecule has 0 saturated carbocycles. The Kier molecular flexibility index (Phi) is 4.73. The summed E-state index contributed by atoms with van der Waals surface area (Å²) in [7, 11) is 0. The summed E-state index contributed by atoms with van der Waals surface area (Å²) < 4.78 is 0. The molecule has 5 heteroatoms. The van der Waals surface area contributed by atoms with Crippen LogP contribution in [0, 0.1) is 0 Å². The highest BCUT2D eigenvalue weighted by molar-refractivity contribution is 6.00. The summed E-state index contributed by atoms with van der Waals surface area (Å²) in [5, 5.41) is 5.04. The van der Waals surface area contributed by atoms with Gasteiger partial charge in [0.15, 0.2) is 0 Å². The number of hydrogen-bond donors (Lipinski definition) is 2. The molecule has 2 N–H and O–H groups in total. The van der Waals surface area contributed by atoms with Crippen molar-refractivity contribution in [2.75, 3.05) is 0 Å². The fourth-order valence-corrected chi connectivity index (χ4v) is 2.48. The SMILES string of the molecule is CC(C)c1cccc2c1C(=O)NC2.O=C1CCCC(=O)N1. The highest BCUT2D eigenvalue weighted by Crippen LogP contribution is 2.25. The Hall–Kier alpha value is -2.17. The van der Waals surface area contributed by atoms with Gasteiger partial charge in [0, 0.05) is 24.9 Å². The highest BCUT2D eigenvalue weighted by Gasteiger charge is 2.22. The molecule has 0 aromatic heterocycles. The Morgan fingerprint density at radius 2 is 1.71 bits per heavy atom. The van der Waals surface area contributed by atoms with Crippen LogP contribution < -0.4 is 10.6 Å². The summed E-state index contributed by atoms with van der Waals surface area (Å²) in [6.07, 6.45) is 1.72. The molecule has 3 amide bonds. The Morgan fingerprint density at radius 1 is 1.05 bits per heavy atom. The van der Waals surface area contributed by atoms with Crippen LogP contribution in [0.1, 0.15) is 60.5 Å². The van der Waals surface area contributed by atoms with Gasteiger partial charge < -0.3 is 5.32 Å². The van der Waals surface area contributed by atoms with E-state index in [0.717, 1.165) is 16.7 Å². The van der Waals surface area contributed by atoms with Crippen molar-refractivity contribution in [3.63, 3.8) is 0 Å². The van der Waals surface area contributed by atoms with Crippen molar-refractivity contribution in [1.29, 1.82) is 0 Å². The topological polar surface area (TPSA) is 75.3 Å². The number of amides is 3. The maximum atomic E-state index is 11.5. The first kappa shape index (κ1) is 15.2. The number of hydrogen-bond acceptors (Lipinski definition) is 3. The molecule has 2 aliphatic rings. The summed E-state index contributed by atoms with van der Waals surface area (Å²) in [5.74, 6) is 0.223. The number of piperidine rings is 1. The van der Waals surface area contributed by atoms with Crippen molar-refractivity contribution >= 4 is 17.7 Å². The number of rotatable bonds is 1. The monoisotopic (exact) mass is 288 g/mol. The fraction of sp³-hybridized carbons (Fsp3) is 0.438. The summed E-state index contributed by atoms with van der Waals surface area (Å²) >= 11 is 0. The summed E-state index contributed by atoms with van der Waals surface area (Å²) in [4.78, 5) is 32.2. The Morgan fingerprint density at radius 3 is 2.24 bits per heavy atom. The third kappa shape index (κ3) is 3.68. The second-order valence-corrected chi connectivity index (χ2v) is 5.54. The first-order valence-corrected chi connectivity index (χ1v) is 7.21. The van der Waals surface area contributed by atoms with Crippen molar-refractivity contribution in [1.82, 2.24) is 10.6 Å². The van der Waals surface area contributed by atoms with Crippen LogP contribution in [-0.2, 0) is 16.1 Å². The van der Waals surface area contributed by atoms with E-state index < -0.39 is 0 Å². The first-order valence-electron chi connectivity index (χ1n) is 7.21. The van der Waals surface area contributed by atoms with Gasteiger partial charge in [-0.05, 0) is 23.5 Å². The predicted octanol–water partition coefficient (Wildman–Crippen LogP) is 1.87. The van der Waals surface area contributed by atoms with Gasteiger partial charge in [-0.1, -0.05) is 32.0 Å². The molecule has 2 heterocycles. The molecule has 5 nitrogen and oxygen atoms in total. The van der Waals surface area contributed by atoms with Crippen LogP contribution in [0.2, 0.25) is 0 Å². The van der Waals surface area contributed by atoms with E-state index in [-0.39, 0.29) is 17.7 Å². The molecular weight excluding hydrogens is 268 g/mol. The molecule has 1 fully saturated rings. The molecule has 0 radical (unpaired) electrons. The number of nitrogens with one attached hydrogen (secondary N) is 2. The molecule has 0 bridgehead atoms. The predicted molar refractivity (Wildman–Crippen MR) is 78.7 cm³/mol. The van der Waals surface area contributed by atoms with E-state index in [2.05, 4.69) is 24.5 Å². The lowest BCUT2D eigenvalue weighted by atomic mass is 9.95. The van der Waals surface area contributed by atoms with Gasteiger partial charge in [-0.2, -0.15) is 0 Å². The van der Waals surface area contributed by atoms with Crippen molar-refractivity contribution in [3.05, 3.63) is 34.9 Å². The van der Waals surface area contributed by atoms with Crippen LogP contribution >= 0.6 is 0 Å².